The van der Waals surface area contributed by atoms with Crippen LogP contribution in [0.2, 0.25) is 0 Å². The summed E-state index contributed by atoms with van der Waals surface area (Å²) in [6.07, 6.45) is 5.90. The van der Waals surface area contributed by atoms with E-state index in [1.54, 1.807) is 0 Å². The van der Waals surface area contributed by atoms with Crippen LogP contribution in [0, 0.1) is 6.92 Å². The van der Waals surface area contributed by atoms with E-state index in [9.17, 15) is 0 Å². The first kappa shape index (κ1) is 17.2. The number of hydrogen-bond donors (Lipinski definition) is 0. The minimum absolute atomic E-state index is 0.558. The summed E-state index contributed by atoms with van der Waals surface area (Å²) in [5.74, 6) is 0. The Kier molecular flexibility index (Phi) is 5.27. The Labute approximate surface area is 154 Å². The van der Waals surface area contributed by atoms with Crippen LogP contribution < -0.4 is 0 Å². The van der Waals surface area contributed by atoms with Crippen molar-refractivity contribution in [2.24, 2.45) is 0 Å². The van der Waals surface area contributed by atoms with Crippen LogP contribution in [0.4, 0.5) is 0 Å². The molecule has 0 saturated carbocycles. The number of ether oxygens (including phenoxy) is 1. The van der Waals surface area contributed by atoms with Crippen LogP contribution in [0.5, 0.6) is 0 Å². The van der Waals surface area contributed by atoms with Crippen LogP contribution in [-0.2, 0) is 11.3 Å². The SMILES string of the molecule is Cc1cc(COCCN2CCCCC2)nn1-c1cnc2ccccc2c1. The summed E-state index contributed by atoms with van der Waals surface area (Å²) in [7, 11) is 0. The molecule has 26 heavy (non-hydrogen) atoms. The quantitative estimate of drug-likeness (QED) is 0.635. The molecule has 1 fully saturated rings. The van der Waals surface area contributed by atoms with E-state index in [1.807, 2.05) is 29.1 Å². The van der Waals surface area contributed by atoms with Crippen LogP contribution >= 0.6 is 0 Å². The first-order chi connectivity index (χ1) is 12.8. The molecule has 1 saturated heterocycles. The molecule has 4 rings (SSSR count). The van der Waals surface area contributed by atoms with Gasteiger partial charge in [-0.15, -0.1) is 0 Å². The third kappa shape index (κ3) is 3.94. The lowest BCUT2D eigenvalue weighted by molar-refractivity contribution is 0.0844. The zero-order chi connectivity index (χ0) is 17.8. The Morgan fingerprint density at radius 2 is 1.92 bits per heavy atom. The zero-order valence-electron chi connectivity index (χ0n) is 15.4. The van der Waals surface area contributed by atoms with Gasteiger partial charge < -0.3 is 9.64 Å². The third-order valence-corrected chi connectivity index (χ3v) is 5.01. The predicted octanol–water partition coefficient (Wildman–Crippen LogP) is 3.73. The summed E-state index contributed by atoms with van der Waals surface area (Å²) in [4.78, 5) is 7.03. The number of aryl methyl sites for hydroxylation is 1. The molecule has 0 atom stereocenters. The van der Waals surface area contributed by atoms with E-state index in [2.05, 4.69) is 35.0 Å². The second-order valence-corrected chi connectivity index (χ2v) is 7.03. The highest BCUT2D eigenvalue weighted by atomic mass is 16.5. The molecule has 0 radical (unpaired) electrons. The van der Waals surface area contributed by atoms with Crippen molar-refractivity contribution in [1.82, 2.24) is 19.7 Å². The van der Waals surface area contributed by atoms with Gasteiger partial charge in [0.25, 0.3) is 0 Å². The van der Waals surface area contributed by atoms with Gasteiger partial charge in [-0.2, -0.15) is 5.10 Å². The Bertz CT molecular complexity index is 867. The van der Waals surface area contributed by atoms with E-state index in [-0.39, 0.29) is 0 Å². The summed E-state index contributed by atoms with van der Waals surface area (Å²) in [5.41, 5.74) is 4.05. The molecule has 0 N–H and O–H groups in total. The van der Waals surface area contributed by atoms with Crippen molar-refractivity contribution >= 4 is 10.9 Å². The van der Waals surface area contributed by atoms with Gasteiger partial charge in [-0.3, -0.25) is 4.98 Å². The average molecular weight is 350 g/mol. The first-order valence-corrected chi connectivity index (χ1v) is 9.50. The highest BCUT2D eigenvalue weighted by Gasteiger charge is 2.10. The third-order valence-electron chi connectivity index (χ3n) is 5.01. The summed E-state index contributed by atoms with van der Waals surface area (Å²) in [6, 6.07) is 12.4. The molecule has 3 aromatic rings. The number of nitrogens with zero attached hydrogens (tertiary/aromatic N) is 4. The standard InChI is InChI=1S/C21H26N4O/c1-17-13-19(16-26-12-11-24-9-5-2-6-10-24)23-25(17)20-14-18-7-3-4-8-21(18)22-15-20/h3-4,7-8,13-15H,2,5-6,9-12,16H2,1H3. The number of benzene rings is 1. The van der Waals surface area contributed by atoms with Crippen molar-refractivity contribution in [3.8, 4) is 5.69 Å². The number of likely N-dealkylation sites (tertiary alicyclic amines) is 1. The molecule has 1 aliphatic rings. The largest absolute Gasteiger partial charge is 0.374 e. The number of hydrogen-bond acceptors (Lipinski definition) is 4. The van der Waals surface area contributed by atoms with Gasteiger partial charge in [0.1, 0.15) is 0 Å². The first-order valence-electron chi connectivity index (χ1n) is 9.50. The van der Waals surface area contributed by atoms with E-state index in [0.717, 1.165) is 41.1 Å². The van der Waals surface area contributed by atoms with Gasteiger partial charge in [-0.05, 0) is 51.1 Å². The fraction of sp³-hybridized carbons (Fsp3) is 0.429. The molecule has 5 nitrogen and oxygen atoms in total. The fourth-order valence-corrected chi connectivity index (χ4v) is 3.60. The van der Waals surface area contributed by atoms with E-state index in [1.165, 1.54) is 32.4 Å². The molecule has 2 aromatic heterocycles. The summed E-state index contributed by atoms with van der Waals surface area (Å²) >= 11 is 0. The molecule has 0 unspecified atom stereocenters. The van der Waals surface area contributed by atoms with Gasteiger partial charge in [0, 0.05) is 17.6 Å². The molecule has 0 amide bonds. The van der Waals surface area contributed by atoms with E-state index >= 15 is 0 Å². The van der Waals surface area contributed by atoms with Crippen LogP contribution in [0.25, 0.3) is 16.6 Å². The predicted molar refractivity (Wildman–Crippen MR) is 104 cm³/mol. The van der Waals surface area contributed by atoms with Crippen molar-refractivity contribution in [3.63, 3.8) is 0 Å². The van der Waals surface area contributed by atoms with Crippen molar-refractivity contribution in [3.05, 3.63) is 54.0 Å². The maximum Gasteiger partial charge on any atom is 0.0907 e. The molecule has 5 heteroatoms. The normalized spacial score (nSPS) is 15.6. The highest BCUT2D eigenvalue weighted by Crippen LogP contribution is 2.18. The molecule has 0 spiro atoms. The van der Waals surface area contributed by atoms with Crippen molar-refractivity contribution < 1.29 is 4.74 Å². The lowest BCUT2D eigenvalue weighted by Crippen LogP contribution is -2.32. The minimum atomic E-state index is 0.558. The molecular formula is C21H26N4O. The number of piperidine rings is 1. The molecule has 1 aliphatic heterocycles. The maximum atomic E-state index is 5.86. The van der Waals surface area contributed by atoms with Crippen LogP contribution in [0.1, 0.15) is 30.7 Å². The summed E-state index contributed by atoms with van der Waals surface area (Å²) in [6.45, 7) is 6.85. The maximum absolute atomic E-state index is 5.86. The fourth-order valence-electron chi connectivity index (χ4n) is 3.60. The van der Waals surface area contributed by atoms with Gasteiger partial charge in [-0.1, -0.05) is 24.6 Å². The van der Waals surface area contributed by atoms with Crippen LogP contribution in [-0.4, -0.2) is 45.9 Å². The molecule has 136 valence electrons. The van der Waals surface area contributed by atoms with Crippen molar-refractivity contribution in [2.75, 3.05) is 26.2 Å². The molecule has 3 heterocycles. The van der Waals surface area contributed by atoms with Crippen LogP contribution in [0.3, 0.4) is 0 Å². The highest BCUT2D eigenvalue weighted by molar-refractivity contribution is 5.80. The second kappa shape index (κ2) is 7.98. The number of pyridine rings is 1. The molecular weight excluding hydrogens is 324 g/mol. The van der Waals surface area contributed by atoms with E-state index < -0.39 is 0 Å². The zero-order valence-corrected chi connectivity index (χ0v) is 15.4. The Hall–Kier alpha value is -2.24. The lowest BCUT2D eigenvalue weighted by atomic mass is 10.1. The second-order valence-electron chi connectivity index (χ2n) is 7.03. The van der Waals surface area contributed by atoms with Gasteiger partial charge in [-0.25, -0.2) is 4.68 Å². The smallest absolute Gasteiger partial charge is 0.0907 e. The Morgan fingerprint density at radius 1 is 1.08 bits per heavy atom. The van der Waals surface area contributed by atoms with Gasteiger partial charge >= 0.3 is 0 Å². The van der Waals surface area contributed by atoms with Crippen LogP contribution in [0.15, 0.2) is 42.6 Å². The average Bonchev–Trinajstić information content (AvgIpc) is 3.06. The Morgan fingerprint density at radius 3 is 2.81 bits per heavy atom. The lowest BCUT2D eigenvalue weighted by Gasteiger charge is -2.25. The van der Waals surface area contributed by atoms with E-state index in [0.29, 0.717) is 6.61 Å². The number of rotatable bonds is 6. The number of aromatic nitrogens is 3. The number of para-hydroxylation sites is 1. The van der Waals surface area contributed by atoms with Crippen molar-refractivity contribution in [1.29, 1.82) is 0 Å². The minimum Gasteiger partial charge on any atom is -0.374 e. The topological polar surface area (TPSA) is 43.2 Å². The van der Waals surface area contributed by atoms with Gasteiger partial charge in [0.05, 0.1) is 36.3 Å². The monoisotopic (exact) mass is 350 g/mol. The Balaban J connectivity index is 1.38. The molecule has 0 bridgehead atoms. The summed E-state index contributed by atoms with van der Waals surface area (Å²) in [5, 5.41) is 5.83. The van der Waals surface area contributed by atoms with Crippen molar-refractivity contribution in [2.45, 2.75) is 32.8 Å². The molecule has 1 aromatic carbocycles. The summed E-state index contributed by atoms with van der Waals surface area (Å²) < 4.78 is 7.81. The number of fused-ring (bicyclic) bond motifs is 1. The van der Waals surface area contributed by atoms with E-state index in [4.69, 9.17) is 9.84 Å². The van der Waals surface area contributed by atoms with Gasteiger partial charge in [0.2, 0.25) is 0 Å². The van der Waals surface area contributed by atoms with Gasteiger partial charge in [0.15, 0.2) is 0 Å². The molecule has 0 aliphatic carbocycles.